The van der Waals surface area contributed by atoms with Crippen LogP contribution in [0.3, 0.4) is 0 Å². The molecule has 0 aliphatic carbocycles. The van der Waals surface area contributed by atoms with E-state index in [4.69, 9.17) is 0 Å². The molecule has 0 bridgehead atoms. The second-order valence-electron chi connectivity index (χ2n) is 6.07. The van der Waals surface area contributed by atoms with Gasteiger partial charge in [0.1, 0.15) is 50.9 Å². The molecule has 0 atom stereocenters. The lowest BCUT2D eigenvalue weighted by Gasteiger charge is -2.29. The summed E-state index contributed by atoms with van der Waals surface area (Å²) in [5.41, 5.74) is 1.85. The van der Waals surface area contributed by atoms with Crippen molar-refractivity contribution in [2.75, 3.05) is 26.2 Å². The summed E-state index contributed by atoms with van der Waals surface area (Å²) in [6.45, 7) is 5.75. The average molecular weight is 304 g/mol. The molecule has 0 amide bonds. The van der Waals surface area contributed by atoms with Gasteiger partial charge >= 0.3 is 0 Å². The molecule has 0 aromatic heterocycles. The molecule has 4 heteroatoms. The summed E-state index contributed by atoms with van der Waals surface area (Å²) >= 11 is 0. The Morgan fingerprint density at radius 2 is 1.45 bits per heavy atom. The molecule has 1 aliphatic heterocycles. The highest BCUT2D eigenvalue weighted by Gasteiger charge is 2.23. The van der Waals surface area contributed by atoms with Gasteiger partial charge in [-0.25, -0.2) is 8.78 Å². The van der Waals surface area contributed by atoms with Crippen molar-refractivity contribution in [2.45, 2.75) is 13.1 Å². The van der Waals surface area contributed by atoms with E-state index in [1.165, 1.54) is 21.9 Å². The second kappa shape index (κ2) is 6.99. The lowest BCUT2D eigenvalue weighted by molar-refractivity contribution is -1.02. The molecule has 2 nitrogen and oxygen atoms in total. The van der Waals surface area contributed by atoms with E-state index >= 15 is 0 Å². The lowest BCUT2D eigenvalue weighted by Crippen LogP contribution is -3.27. The molecule has 0 unspecified atom stereocenters. The fourth-order valence-electron chi connectivity index (χ4n) is 3.16. The smallest absolute Gasteiger partial charge is 0.132 e. The maximum Gasteiger partial charge on any atom is 0.132 e. The van der Waals surface area contributed by atoms with Gasteiger partial charge in [0.25, 0.3) is 0 Å². The SMILES string of the molecule is Fc1cccc(C[NH+]2CC[NH+](Cc3ccccc3F)CC2)c1. The maximum absolute atomic E-state index is 13.7. The van der Waals surface area contributed by atoms with Gasteiger partial charge < -0.3 is 9.80 Å². The molecule has 3 rings (SSSR count). The van der Waals surface area contributed by atoms with Crippen LogP contribution in [-0.2, 0) is 13.1 Å². The Hall–Kier alpha value is -1.78. The minimum atomic E-state index is -0.166. The van der Waals surface area contributed by atoms with E-state index in [2.05, 4.69) is 0 Å². The first-order valence-electron chi connectivity index (χ1n) is 7.86. The van der Waals surface area contributed by atoms with Crippen LogP contribution in [0.25, 0.3) is 0 Å². The van der Waals surface area contributed by atoms with Gasteiger partial charge in [-0.3, -0.25) is 0 Å². The molecule has 22 heavy (non-hydrogen) atoms. The molecule has 1 aliphatic rings. The van der Waals surface area contributed by atoms with Crippen LogP contribution in [0.15, 0.2) is 48.5 Å². The lowest BCUT2D eigenvalue weighted by atomic mass is 10.1. The molecule has 2 aromatic carbocycles. The van der Waals surface area contributed by atoms with Crippen LogP contribution in [0.2, 0.25) is 0 Å². The number of rotatable bonds is 4. The van der Waals surface area contributed by atoms with Crippen molar-refractivity contribution < 1.29 is 18.6 Å². The summed E-state index contributed by atoms with van der Waals surface area (Å²) in [5.74, 6) is -0.273. The third kappa shape index (κ3) is 3.90. The first-order chi connectivity index (χ1) is 10.7. The number of halogens is 2. The van der Waals surface area contributed by atoms with Crippen molar-refractivity contribution in [2.24, 2.45) is 0 Å². The van der Waals surface area contributed by atoms with E-state index in [1.807, 2.05) is 18.2 Å². The van der Waals surface area contributed by atoms with Gasteiger partial charge in [-0.1, -0.05) is 30.3 Å². The summed E-state index contributed by atoms with van der Waals surface area (Å²) in [5, 5.41) is 0. The minimum absolute atomic E-state index is 0.107. The Kier molecular flexibility index (Phi) is 4.80. The van der Waals surface area contributed by atoms with Gasteiger partial charge in [-0.15, -0.1) is 0 Å². The van der Waals surface area contributed by atoms with Crippen molar-refractivity contribution >= 4 is 0 Å². The van der Waals surface area contributed by atoms with E-state index in [0.717, 1.165) is 50.4 Å². The average Bonchev–Trinajstić information content (AvgIpc) is 2.52. The fraction of sp³-hybridized carbons (Fsp3) is 0.333. The highest BCUT2D eigenvalue weighted by Crippen LogP contribution is 2.04. The third-order valence-electron chi connectivity index (χ3n) is 4.41. The van der Waals surface area contributed by atoms with Crippen LogP contribution >= 0.6 is 0 Å². The quantitative estimate of drug-likeness (QED) is 0.812. The molecule has 0 radical (unpaired) electrons. The number of piperazine rings is 1. The standard InChI is InChI=1S/C18H20F2N2/c19-17-6-3-4-15(12-17)13-21-8-10-22(11-9-21)14-16-5-1-2-7-18(16)20/h1-7,12H,8-11,13-14H2/p+2. The number of benzene rings is 2. The zero-order valence-electron chi connectivity index (χ0n) is 12.6. The van der Waals surface area contributed by atoms with Gasteiger partial charge in [-0.05, 0) is 18.2 Å². The Labute approximate surface area is 130 Å². The van der Waals surface area contributed by atoms with Crippen molar-refractivity contribution in [1.82, 2.24) is 0 Å². The van der Waals surface area contributed by atoms with Crippen LogP contribution < -0.4 is 9.80 Å². The van der Waals surface area contributed by atoms with Crippen LogP contribution in [-0.4, -0.2) is 26.2 Å². The number of nitrogens with one attached hydrogen (secondary N) is 2. The van der Waals surface area contributed by atoms with Crippen LogP contribution in [0.5, 0.6) is 0 Å². The van der Waals surface area contributed by atoms with Gasteiger partial charge in [0.05, 0.1) is 0 Å². The Morgan fingerprint density at radius 1 is 0.773 bits per heavy atom. The maximum atomic E-state index is 13.7. The molecular weight excluding hydrogens is 282 g/mol. The van der Waals surface area contributed by atoms with Gasteiger partial charge in [0, 0.05) is 11.1 Å². The zero-order chi connectivity index (χ0) is 15.4. The van der Waals surface area contributed by atoms with E-state index in [1.54, 1.807) is 18.2 Å². The molecule has 1 fully saturated rings. The number of hydrogen-bond donors (Lipinski definition) is 2. The van der Waals surface area contributed by atoms with Crippen LogP contribution in [0, 0.1) is 11.6 Å². The summed E-state index contributed by atoms with van der Waals surface area (Å²) in [4.78, 5) is 2.90. The summed E-state index contributed by atoms with van der Waals surface area (Å²) in [7, 11) is 0. The summed E-state index contributed by atoms with van der Waals surface area (Å²) < 4.78 is 26.9. The Balaban J connectivity index is 1.51. The molecule has 116 valence electrons. The van der Waals surface area contributed by atoms with Gasteiger partial charge in [0.15, 0.2) is 0 Å². The number of quaternary nitrogens is 2. The second-order valence-corrected chi connectivity index (χ2v) is 6.07. The topological polar surface area (TPSA) is 8.88 Å². The Morgan fingerprint density at radius 3 is 2.14 bits per heavy atom. The molecule has 2 aromatic rings. The van der Waals surface area contributed by atoms with Gasteiger partial charge in [0.2, 0.25) is 0 Å². The highest BCUT2D eigenvalue weighted by atomic mass is 19.1. The van der Waals surface area contributed by atoms with E-state index in [-0.39, 0.29) is 11.6 Å². The number of hydrogen-bond acceptors (Lipinski definition) is 0. The first-order valence-corrected chi connectivity index (χ1v) is 7.86. The van der Waals surface area contributed by atoms with Crippen molar-refractivity contribution in [3.63, 3.8) is 0 Å². The third-order valence-corrected chi connectivity index (χ3v) is 4.41. The van der Waals surface area contributed by atoms with Crippen LogP contribution in [0.1, 0.15) is 11.1 Å². The molecule has 0 saturated carbocycles. The van der Waals surface area contributed by atoms with Crippen molar-refractivity contribution in [3.8, 4) is 0 Å². The first kappa shape index (κ1) is 15.1. The molecule has 1 saturated heterocycles. The fourth-order valence-corrected chi connectivity index (χ4v) is 3.16. The van der Waals surface area contributed by atoms with Crippen molar-refractivity contribution in [1.29, 1.82) is 0 Å². The van der Waals surface area contributed by atoms with Crippen LogP contribution in [0.4, 0.5) is 8.78 Å². The monoisotopic (exact) mass is 304 g/mol. The van der Waals surface area contributed by atoms with Gasteiger partial charge in [-0.2, -0.15) is 0 Å². The zero-order valence-corrected chi connectivity index (χ0v) is 12.6. The highest BCUT2D eigenvalue weighted by molar-refractivity contribution is 5.16. The van der Waals surface area contributed by atoms with E-state index in [0.29, 0.717) is 0 Å². The summed E-state index contributed by atoms with van der Waals surface area (Å²) in [6.07, 6.45) is 0. The molecule has 2 N–H and O–H groups in total. The van der Waals surface area contributed by atoms with Crippen molar-refractivity contribution in [3.05, 3.63) is 71.3 Å². The predicted molar refractivity (Wildman–Crippen MR) is 81.6 cm³/mol. The molecule has 0 spiro atoms. The minimum Gasteiger partial charge on any atom is -0.322 e. The van der Waals surface area contributed by atoms with E-state index in [9.17, 15) is 8.78 Å². The predicted octanol–water partition coefficient (Wildman–Crippen LogP) is 0.448. The molecular formula is C18H22F2N2+2. The largest absolute Gasteiger partial charge is 0.322 e. The molecule has 1 heterocycles. The normalized spacial score (nSPS) is 21.7. The Bertz CT molecular complexity index is 622. The van der Waals surface area contributed by atoms with E-state index < -0.39 is 0 Å². The summed E-state index contributed by atoms with van der Waals surface area (Å²) in [6, 6.07) is 13.9.